The Hall–Kier alpha value is -2.25. The zero-order chi connectivity index (χ0) is 17.0. The van der Waals surface area contributed by atoms with Crippen molar-refractivity contribution in [3.8, 4) is 0 Å². The molecule has 0 aliphatic heterocycles. The Balaban J connectivity index is 2.10. The molecule has 8 heteroatoms. The molecule has 0 saturated carbocycles. The highest BCUT2D eigenvalue weighted by molar-refractivity contribution is 7.91. The molecule has 0 amide bonds. The number of carbonyl (C=O) groups excluding carboxylic acids is 1. The predicted molar refractivity (Wildman–Crippen MR) is 85.5 cm³/mol. The van der Waals surface area contributed by atoms with Crippen LogP contribution in [0.15, 0.2) is 53.4 Å². The van der Waals surface area contributed by atoms with Gasteiger partial charge in [0.2, 0.25) is 0 Å². The number of rotatable bonds is 6. The van der Waals surface area contributed by atoms with Gasteiger partial charge < -0.3 is 0 Å². The molecule has 0 spiro atoms. The number of hydrogen-bond donors (Lipinski definition) is 0. The fourth-order valence-corrected chi connectivity index (χ4v) is 3.29. The van der Waals surface area contributed by atoms with E-state index >= 15 is 0 Å². The van der Waals surface area contributed by atoms with Gasteiger partial charge in [-0.15, -0.1) is 0 Å². The van der Waals surface area contributed by atoms with Crippen LogP contribution in [0, 0.1) is 10.1 Å². The van der Waals surface area contributed by atoms with Crippen molar-refractivity contribution in [3.05, 3.63) is 69.2 Å². The number of sulfone groups is 1. The number of benzene rings is 2. The van der Waals surface area contributed by atoms with E-state index in [0.29, 0.717) is 5.02 Å². The number of ketones is 1. The number of halogens is 1. The summed E-state index contributed by atoms with van der Waals surface area (Å²) in [4.78, 5) is 22.2. The van der Waals surface area contributed by atoms with E-state index in [1.165, 1.54) is 42.5 Å². The second kappa shape index (κ2) is 6.89. The number of nitro benzene ring substituents is 1. The van der Waals surface area contributed by atoms with Crippen molar-refractivity contribution < 1.29 is 18.1 Å². The fourth-order valence-electron chi connectivity index (χ4n) is 1.92. The first-order valence-electron chi connectivity index (χ1n) is 6.55. The highest BCUT2D eigenvalue weighted by atomic mass is 35.5. The van der Waals surface area contributed by atoms with Gasteiger partial charge in [-0.25, -0.2) is 8.42 Å². The SMILES string of the molecule is O=C(CCS(=O)(=O)c1ccc(Cl)cc1)c1cccc([N+](=O)[O-])c1. The molecule has 0 unspecified atom stereocenters. The minimum Gasteiger partial charge on any atom is -0.294 e. The summed E-state index contributed by atoms with van der Waals surface area (Å²) in [6.07, 6.45) is -0.258. The van der Waals surface area contributed by atoms with Gasteiger partial charge in [-0.1, -0.05) is 23.7 Å². The molecule has 2 aromatic rings. The molecule has 0 aromatic heterocycles. The van der Waals surface area contributed by atoms with Crippen LogP contribution in [0.5, 0.6) is 0 Å². The summed E-state index contributed by atoms with van der Waals surface area (Å²) in [6.45, 7) is 0. The van der Waals surface area contributed by atoms with Gasteiger partial charge in [0, 0.05) is 29.1 Å². The zero-order valence-electron chi connectivity index (χ0n) is 11.8. The monoisotopic (exact) mass is 353 g/mol. The van der Waals surface area contributed by atoms with Crippen molar-refractivity contribution in [1.82, 2.24) is 0 Å². The van der Waals surface area contributed by atoms with Gasteiger partial charge in [0.1, 0.15) is 0 Å². The molecule has 0 saturated heterocycles. The maximum atomic E-state index is 12.2. The van der Waals surface area contributed by atoms with E-state index in [4.69, 9.17) is 11.6 Å². The average molecular weight is 354 g/mol. The Labute approximate surface area is 137 Å². The first-order chi connectivity index (χ1) is 10.8. The Bertz CT molecular complexity index is 846. The second-order valence-electron chi connectivity index (χ2n) is 4.75. The molecule has 23 heavy (non-hydrogen) atoms. The van der Waals surface area contributed by atoms with Crippen LogP contribution in [-0.2, 0) is 9.84 Å². The lowest BCUT2D eigenvalue weighted by molar-refractivity contribution is -0.384. The molecule has 120 valence electrons. The van der Waals surface area contributed by atoms with Gasteiger partial charge in [0.25, 0.3) is 5.69 Å². The van der Waals surface area contributed by atoms with Gasteiger partial charge in [-0.3, -0.25) is 14.9 Å². The third kappa shape index (κ3) is 4.37. The van der Waals surface area contributed by atoms with Gasteiger partial charge >= 0.3 is 0 Å². The highest BCUT2D eigenvalue weighted by Crippen LogP contribution is 2.18. The minimum atomic E-state index is -3.62. The number of non-ortho nitro benzene ring substituents is 1. The largest absolute Gasteiger partial charge is 0.294 e. The van der Waals surface area contributed by atoms with E-state index in [9.17, 15) is 23.3 Å². The third-order valence-corrected chi connectivity index (χ3v) is 5.13. The molecule has 0 N–H and O–H groups in total. The maximum Gasteiger partial charge on any atom is 0.270 e. The summed E-state index contributed by atoms with van der Waals surface area (Å²) in [7, 11) is -3.62. The highest BCUT2D eigenvalue weighted by Gasteiger charge is 2.18. The van der Waals surface area contributed by atoms with Gasteiger partial charge in [-0.2, -0.15) is 0 Å². The summed E-state index contributed by atoms with van der Waals surface area (Å²) in [5, 5.41) is 11.1. The Kier molecular flexibility index (Phi) is 5.12. The molecule has 0 aliphatic rings. The normalized spacial score (nSPS) is 11.2. The standard InChI is InChI=1S/C15H12ClNO5S/c16-12-4-6-14(7-5-12)23(21,22)9-8-15(18)11-2-1-3-13(10-11)17(19)20/h1-7,10H,8-9H2. The lowest BCUT2D eigenvalue weighted by atomic mass is 10.1. The molecule has 0 aliphatic carbocycles. The zero-order valence-corrected chi connectivity index (χ0v) is 13.4. The number of nitrogens with zero attached hydrogens (tertiary/aromatic N) is 1. The van der Waals surface area contributed by atoms with Crippen molar-refractivity contribution in [2.24, 2.45) is 0 Å². The third-order valence-electron chi connectivity index (χ3n) is 3.15. The summed E-state index contributed by atoms with van der Waals surface area (Å²) in [5.74, 6) is -0.845. The number of Topliss-reactive ketones (excluding diaryl/α,β-unsaturated/α-hetero) is 1. The molecule has 0 radical (unpaired) electrons. The number of nitro groups is 1. The van der Waals surface area contributed by atoms with E-state index in [1.54, 1.807) is 0 Å². The van der Waals surface area contributed by atoms with Gasteiger partial charge in [-0.05, 0) is 24.3 Å². The van der Waals surface area contributed by atoms with Crippen LogP contribution in [0.1, 0.15) is 16.8 Å². The number of hydrogen-bond acceptors (Lipinski definition) is 5. The lowest BCUT2D eigenvalue weighted by Gasteiger charge is -2.04. The lowest BCUT2D eigenvalue weighted by Crippen LogP contribution is -2.12. The Morgan fingerprint density at radius 1 is 1.13 bits per heavy atom. The molecule has 2 aromatic carbocycles. The average Bonchev–Trinajstić information content (AvgIpc) is 2.53. The topological polar surface area (TPSA) is 94.3 Å². The summed E-state index contributed by atoms with van der Waals surface area (Å²) < 4.78 is 24.3. The molecule has 0 bridgehead atoms. The first-order valence-corrected chi connectivity index (χ1v) is 8.58. The smallest absolute Gasteiger partial charge is 0.270 e. The van der Waals surface area contributed by atoms with Crippen LogP contribution in [0.4, 0.5) is 5.69 Å². The van der Waals surface area contributed by atoms with Crippen LogP contribution in [-0.4, -0.2) is 24.9 Å². The van der Waals surface area contributed by atoms with Gasteiger partial charge in [0.05, 0.1) is 15.6 Å². The Morgan fingerprint density at radius 3 is 2.39 bits per heavy atom. The van der Waals surface area contributed by atoms with Crippen molar-refractivity contribution in [1.29, 1.82) is 0 Å². The van der Waals surface area contributed by atoms with Crippen LogP contribution in [0.3, 0.4) is 0 Å². The van der Waals surface area contributed by atoms with Crippen LogP contribution in [0.25, 0.3) is 0 Å². The van der Waals surface area contributed by atoms with Crippen LogP contribution in [0.2, 0.25) is 5.02 Å². The van der Waals surface area contributed by atoms with E-state index in [-0.39, 0.29) is 28.3 Å². The van der Waals surface area contributed by atoms with Crippen molar-refractivity contribution in [2.45, 2.75) is 11.3 Å². The molecule has 0 atom stereocenters. The summed E-state index contributed by atoms with van der Waals surface area (Å²) in [6, 6.07) is 10.9. The molecule has 0 fully saturated rings. The van der Waals surface area contributed by atoms with Crippen LogP contribution >= 0.6 is 11.6 Å². The van der Waals surface area contributed by atoms with E-state index in [2.05, 4.69) is 0 Å². The van der Waals surface area contributed by atoms with E-state index in [1.807, 2.05) is 0 Å². The summed E-state index contributed by atoms with van der Waals surface area (Å²) >= 11 is 5.71. The van der Waals surface area contributed by atoms with Crippen molar-refractivity contribution in [3.63, 3.8) is 0 Å². The number of carbonyl (C=O) groups is 1. The predicted octanol–water partition coefficient (Wildman–Crippen LogP) is 3.29. The van der Waals surface area contributed by atoms with E-state index in [0.717, 1.165) is 6.07 Å². The van der Waals surface area contributed by atoms with Crippen molar-refractivity contribution in [2.75, 3.05) is 5.75 Å². The van der Waals surface area contributed by atoms with Crippen molar-refractivity contribution >= 4 is 32.9 Å². The first kappa shape index (κ1) is 17.1. The Morgan fingerprint density at radius 2 is 1.78 bits per heavy atom. The molecular weight excluding hydrogens is 342 g/mol. The minimum absolute atomic E-state index is 0.0775. The van der Waals surface area contributed by atoms with E-state index < -0.39 is 20.5 Å². The quantitative estimate of drug-likeness (QED) is 0.451. The van der Waals surface area contributed by atoms with Crippen LogP contribution < -0.4 is 0 Å². The summed E-state index contributed by atoms with van der Waals surface area (Å²) in [5.41, 5.74) is -0.0954. The molecule has 0 heterocycles. The maximum absolute atomic E-state index is 12.2. The molecule has 6 nitrogen and oxygen atoms in total. The molecular formula is C15H12ClNO5S. The second-order valence-corrected chi connectivity index (χ2v) is 7.30. The fraction of sp³-hybridized carbons (Fsp3) is 0.133. The molecule has 2 rings (SSSR count). The van der Waals surface area contributed by atoms with Gasteiger partial charge in [0.15, 0.2) is 15.6 Å².